The number of nitriles is 1. The van der Waals surface area contributed by atoms with Gasteiger partial charge in [0, 0.05) is 12.4 Å². The van der Waals surface area contributed by atoms with Gasteiger partial charge in [-0.2, -0.15) is 5.26 Å². The molecule has 0 spiro atoms. The standard InChI is InChI=1S/C12H11FN4O2S/c1-8(12-15-5-6-16-12)17-20(18,19)11-4-2-3-10(13)9(11)7-14/h2-6,8,17H,1H3,(H,15,16). The Morgan fingerprint density at radius 3 is 2.85 bits per heavy atom. The van der Waals surface area contributed by atoms with E-state index in [0.717, 1.165) is 6.07 Å². The topological polar surface area (TPSA) is 98.6 Å². The molecule has 1 heterocycles. The van der Waals surface area contributed by atoms with Gasteiger partial charge in [-0.1, -0.05) is 6.07 Å². The van der Waals surface area contributed by atoms with Crippen LogP contribution in [0.3, 0.4) is 0 Å². The van der Waals surface area contributed by atoms with Crippen molar-refractivity contribution in [3.05, 3.63) is 47.8 Å². The summed E-state index contributed by atoms with van der Waals surface area (Å²) < 4.78 is 40.2. The number of hydrogen-bond acceptors (Lipinski definition) is 4. The van der Waals surface area contributed by atoms with Gasteiger partial charge in [0.2, 0.25) is 10.0 Å². The van der Waals surface area contributed by atoms with Crippen LogP contribution < -0.4 is 4.72 Å². The Morgan fingerprint density at radius 1 is 1.50 bits per heavy atom. The lowest BCUT2D eigenvalue weighted by Crippen LogP contribution is -2.28. The van der Waals surface area contributed by atoms with Gasteiger partial charge in [-0.15, -0.1) is 0 Å². The molecule has 0 saturated heterocycles. The molecule has 104 valence electrons. The SMILES string of the molecule is CC(NS(=O)(=O)c1cccc(F)c1C#N)c1ncc[nH]1. The van der Waals surface area contributed by atoms with Crippen molar-refractivity contribution in [2.24, 2.45) is 0 Å². The lowest BCUT2D eigenvalue weighted by atomic mass is 10.2. The number of H-pyrrole nitrogens is 1. The van der Waals surface area contributed by atoms with Gasteiger partial charge in [0.25, 0.3) is 0 Å². The van der Waals surface area contributed by atoms with Crippen LogP contribution in [0.15, 0.2) is 35.5 Å². The first-order valence-electron chi connectivity index (χ1n) is 5.66. The molecule has 2 rings (SSSR count). The summed E-state index contributed by atoms with van der Waals surface area (Å²) in [5.74, 6) is -0.454. The molecule has 8 heteroatoms. The second-order valence-electron chi connectivity index (χ2n) is 4.04. The van der Waals surface area contributed by atoms with Crippen molar-refractivity contribution in [1.29, 1.82) is 5.26 Å². The van der Waals surface area contributed by atoms with E-state index < -0.39 is 32.3 Å². The van der Waals surface area contributed by atoms with Crippen molar-refractivity contribution >= 4 is 10.0 Å². The first-order valence-corrected chi connectivity index (χ1v) is 7.14. The fourth-order valence-corrected chi connectivity index (χ4v) is 3.08. The molecular weight excluding hydrogens is 283 g/mol. The number of aromatic nitrogens is 2. The Morgan fingerprint density at radius 2 is 2.25 bits per heavy atom. The van der Waals surface area contributed by atoms with E-state index in [1.807, 2.05) is 0 Å². The number of imidazole rings is 1. The van der Waals surface area contributed by atoms with Crippen molar-refractivity contribution in [3.8, 4) is 6.07 Å². The van der Waals surface area contributed by atoms with Crippen molar-refractivity contribution in [3.63, 3.8) is 0 Å². The first-order chi connectivity index (χ1) is 9.45. The Hall–Kier alpha value is -2.24. The molecule has 0 aliphatic heterocycles. The third-order valence-electron chi connectivity index (χ3n) is 2.64. The number of benzene rings is 1. The summed E-state index contributed by atoms with van der Waals surface area (Å²) >= 11 is 0. The molecule has 20 heavy (non-hydrogen) atoms. The van der Waals surface area contributed by atoms with Gasteiger partial charge < -0.3 is 4.98 Å². The molecule has 0 radical (unpaired) electrons. The summed E-state index contributed by atoms with van der Waals surface area (Å²) in [5, 5.41) is 8.88. The zero-order valence-corrected chi connectivity index (χ0v) is 11.3. The van der Waals surface area contributed by atoms with Crippen LogP contribution in [0.5, 0.6) is 0 Å². The second-order valence-corrected chi connectivity index (χ2v) is 5.72. The lowest BCUT2D eigenvalue weighted by molar-refractivity contribution is 0.557. The van der Waals surface area contributed by atoms with Crippen LogP contribution in [0.2, 0.25) is 0 Å². The molecule has 2 aromatic rings. The van der Waals surface area contributed by atoms with E-state index in [-0.39, 0.29) is 0 Å². The normalized spacial score (nSPS) is 12.8. The number of sulfonamides is 1. The maximum Gasteiger partial charge on any atom is 0.242 e. The smallest absolute Gasteiger partial charge is 0.242 e. The van der Waals surface area contributed by atoms with E-state index in [1.54, 1.807) is 19.2 Å². The number of nitrogens with zero attached hydrogens (tertiary/aromatic N) is 2. The van der Waals surface area contributed by atoms with E-state index in [2.05, 4.69) is 14.7 Å². The molecule has 1 unspecified atom stereocenters. The molecule has 0 aliphatic carbocycles. The number of halogens is 1. The fourth-order valence-electron chi connectivity index (χ4n) is 1.70. The molecule has 1 aromatic carbocycles. The van der Waals surface area contributed by atoms with Crippen molar-refractivity contribution in [1.82, 2.24) is 14.7 Å². The maximum atomic E-state index is 13.5. The highest BCUT2D eigenvalue weighted by molar-refractivity contribution is 7.89. The Balaban J connectivity index is 2.37. The van der Waals surface area contributed by atoms with Crippen LogP contribution >= 0.6 is 0 Å². The van der Waals surface area contributed by atoms with Gasteiger partial charge in [0.15, 0.2) is 0 Å². The molecule has 0 aliphatic rings. The number of nitrogens with one attached hydrogen (secondary N) is 2. The van der Waals surface area contributed by atoms with Crippen molar-refractivity contribution < 1.29 is 12.8 Å². The molecule has 1 aromatic heterocycles. The highest BCUT2D eigenvalue weighted by Gasteiger charge is 2.24. The average Bonchev–Trinajstić information content (AvgIpc) is 2.91. The monoisotopic (exact) mass is 294 g/mol. The average molecular weight is 294 g/mol. The summed E-state index contributed by atoms with van der Waals surface area (Å²) in [6, 6.07) is 4.38. The molecule has 1 atom stereocenters. The molecule has 0 fully saturated rings. The molecular formula is C12H11FN4O2S. The van der Waals surface area contributed by atoms with E-state index in [9.17, 15) is 12.8 Å². The zero-order valence-electron chi connectivity index (χ0n) is 10.5. The lowest BCUT2D eigenvalue weighted by Gasteiger charge is -2.13. The predicted octanol–water partition coefficient (Wildman–Crippen LogP) is 1.46. The minimum atomic E-state index is -4.02. The fraction of sp³-hybridized carbons (Fsp3) is 0.167. The third kappa shape index (κ3) is 2.68. The largest absolute Gasteiger partial charge is 0.347 e. The van der Waals surface area contributed by atoms with Crippen molar-refractivity contribution in [2.45, 2.75) is 17.9 Å². The summed E-state index contributed by atoms with van der Waals surface area (Å²) in [5.41, 5.74) is -0.508. The summed E-state index contributed by atoms with van der Waals surface area (Å²) in [6.07, 6.45) is 3.05. The van der Waals surface area contributed by atoms with Gasteiger partial charge in [0.1, 0.15) is 28.2 Å². The van der Waals surface area contributed by atoms with Crippen LogP contribution in [-0.4, -0.2) is 18.4 Å². The Kier molecular flexibility index (Phi) is 3.83. The highest BCUT2D eigenvalue weighted by Crippen LogP contribution is 2.20. The quantitative estimate of drug-likeness (QED) is 0.891. The van der Waals surface area contributed by atoms with Crippen LogP contribution in [0, 0.1) is 17.1 Å². The van der Waals surface area contributed by atoms with E-state index in [4.69, 9.17) is 5.26 Å². The van der Waals surface area contributed by atoms with Gasteiger partial charge in [0.05, 0.1) is 6.04 Å². The molecule has 0 bridgehead atoms. The summed E-state index contributed by atoms with van der Waals surface area (Å²) in [7, 11) is -4.02. The van der Waals surface area contributed by atoms with E-state index >= 15 is 0 Å². The van der Waals surface area contributed by atoms with Gasteiger partial charge in [-0.25, -0.2) is 22.5 Å². The van der Waals surface area contributed by atoms with Crippen LogP contribution in [-0.2, 0) is 10.0 Å². The zero-order chi connectivity index (χ0) is 14.8. The minimum Gasteiger partial charge on any atom is -0.347 e. The van der Waals surface area contributed by atoms with Crippen LogP contribution in [0.25, 0.3) is 0 Å². The predicted molar refractivity (Wildman–Crippen MR) is 68.4 cm³/mol. The van der Waals surface area contributed by atoms with Gasteiger partial charge in [-0.3, -0.25) is 0 Å². The van der Waals surface area contributed by atoms with Gasteiger partial charge in [-0.05, 0) is 19.1 Å². The number of hydrogen-bond donors (Lipinski definition) is 2. The maximum absolute atomic E-state index is 13.5. The second kappa shape index (κ2) is 5.40. The Bertz CT molecular complexity index is 750. The molecule has 6 nitrogen and oxygen atoms in total. The Labute approximate surface area is 115 Å². The minimum absolute atomic E-state index is 0.390. The summed E-state index contributed by atoms with van der Waals surface area (Å²) in [6.45, 7) is 1.59. The molecule has 0 saturated carbocycles. The number of rotatable bonds is 4. The van der Waals surface area contributed by atoms with Crippen molar-refractivity contribution in [2.75, 3.05) is 0 Å². The van der Waals surface area contributed by atoms with E-state index in [0.29, 0.717) is 5.82 Å². The first kappa shape index (κ1) is 14.2. The highest BCUT2D eigenvalue weighted by atomic mass is 32.2. The molecule has 2 N–H and O–H groups in total. The number of aromatic amines is 1. The molecule has 0 amide bonds. The van der Waals surface area contributed by atoms with Crippen LogP contribution in [0.1, 0.15) is 24.4 Å². The summed E-state index contributed by atoms with van der Waals surface area (Å²) in [4.78, 5) is 6.32. The van der Waals surface area contributed by atoms with Gasteiger partial charge >= 0.3 is 0 Å². The third-order valence-corrected chi connectivity index (χ3v) is 4.22. The van der Waals surface area contributed by atoms with Crippen LogP contribution in [0.4, 0.5) is 4.39 Å². The van der Waals surface area contributed by atoms with E-state index in [1.165, 1.54) is 18.3 Å².